The molecule has 0 amide bonds. The van der Waals surface area contributed by atoms with Crippen molar-refractivity contribution in [1.82, 2.24) is 4.98 Å². The number of carboxylic acid groups (broad SMARTS) is 1. The fourth-order valence-corrected chi connectivity index (χ4v) is 3.82. The zero-order valence-electron chi connectivity index (χ0n) is 11.5. The van der Waals surface area contributed by atoms with Gasteiger partial charge in [0.2, 0.25) is 0 Å². The van der Waals surface area contributed by atoms with E-state index in [4.69, 9.17) is 5.11 Å². The molecule has 3 nitrogen and oxygen atoms in total. The van der Waals surface area contributed by atoms with Crippen LogP contribution in [0.25, 0.3) is 10.6 Å². The smallest absolute Gasteiger partial charge is 0.313 e. The van der Waals surface area contributed by atoms with Crippen LogP contribution in [0.15, 0.2) is 24.3 Å². The highest BCUT2D eigenvalue weighted by molar-refractivity contribution is 7.99. The highest BCUT2D eigenvalue weighted by atomic mass is 32.2. The summed E-state index contributed by atoms with van der Waals surface area (Å²) >= 11 is 3.07. The van der Waals surface area contributed by atoms with E-state index in [0.29, 0.717) is 5.75 Å². The molecule has 1 heterocycles. The Morgan fingerprint density at radius 1 is 1.35 bits per heavy atom. The van der Waals surface area contributed by atoms with Gasteiger partial charge in [-0.2, -0.15) is 0 Å². The maximum absolute atomic E-state index is 10.5. The van der Waals surface area contributed by atoms with Crippen LogP contribution in [0.5, 0.6) is 0 Å². The van der Waals surface area contributed by atoms with E-state index in [2.05, 4.69) is 36.2 Å². The minimum absolute atomic E-state index is 0.137. The normalized spacial score (nSPS) is 10.7. The molecular formula is C15H17NO2S2. The fraction of sp³-hybridized carbons (Fsp3) is 0.333. The number of hydrogen-bond acceptors (Lipinski definition) is 4. The largest absolute Gasteiger partial charge is 0.481 e. The number of aromatic nitrogens is 1. The molecule has 1 N–H and O–H groups in total. The summed E-state index contributed by atoms with van der Waals surface area (Å²) in [6.45, 7) is 4.12. The van der Waals surface area contributed by atoms with Crippen molar-refractivity contribution in [2.45, 2.75) is 26.0 Å². The lowest BCUT2D eigenvalue weighted by atomic mass is 10.1. The molecule has 1 aromatic heterocycles. The van der Waals surface area contributed by atoms with Crippen LogP contribution in [-0.2, 0) is 17.0 Å². The average Bonchev–Trinajstić information content (AvgIpc) is 2.80. The summed E-state index contributed by atoms with van der Waals surface area (Å²) in [5.41, 5.74) is 3.45. The monoisotopic (exact) mass is 307 g/mol. The first-order chi connectivity index (χ1) is 9.60. The summed E-state index contributed by atoms with van der Waals surface area (Å²) in [5.74, 6) is 0.0771. The van der Waals surface area contributed by atoms with Crippen LogP contribution in [0.1, 0.15) is 23.1 Å². The van der Waals surface area contributed by atoms with Crippen molar-refractivity contribution in [1.29, 1.82) is 0 Å². The topological polar surface area (TPSA) is 50.2 Å². The molecule has 0 saturated heterocycles. The zero-order valence-corrected chi connectivity index (χ0v) is 13.2. The molecule has 0 saturated carbocycles. The Balaban J connectivity index is 2.11. The van der Waals surface area contributed by atoms with Gasteiger partial charge in [0.15, 0.2) is 0 Å². The molecule has 5 heteroatoms. The Morgan fingerprint density at radius 3 is 2.65 bits per heavy atom. The lowest BCUT2D eigenvalue weighted by molar-refractivity contribution is -0.133. The molecule has 106 valence electrons. The summed E-state index contributed by atoms with van der Waals surface area (Å²) in [5, 5.41) is 9.67. The van der Waals surface area contributed by atoms with E-state index < -0.39 is 5.97 Å². The number of thiazole rings is 1. The van der Waals surface area contributed by atoms with Gasteiger partial charge >= 0.3 is 5.97 Å². The molecule has 0 spiro atoms. The van der Waals surface area contributed by atoms with Crippen molar-refractivity contribution in [2.75, 3.05) is 5.75 Å². The van der Waals surface area contributed by atoms with Gasteiger partial charge in [-0.15, -0.1) is 23.1 Å². The number of nitrogens with zero attached hydrogens (tertiary/aromatic N) is 1. The molecule has 0 aliphatic rings. The number of aryl methyl sites for hydroxylation is 2. The Morgan fingerprint density at radius 2 is 2.05 bits per heavy atom. The SMILES string of the molecule is CCc1ccc(-c2nc(C)c(CSCC(=O)O)s2)cc1. The summed E-state index contributed by atoms with van der Waals surface area (Å²) < 4.78 is 0. The second-order valence-electron chi connectivity index (χ2n) is 4.46. The molecule has 0 atom stereocenters. The fourth-order valence-electron chi connectivity index (χ4n) is 1.80. The predicted octanol–water partition coefficient (Wildman–Crippen LogP) is 4.00. The van der Waals surface area contributed by atoms with Crippen LogP contribution in [0, 0.1) is 6.92 Å². The molecule has 0 bridgehead atoms. The lowest BCUT2D eigenvalue weighted by Crippen LogP contribution is -1.97. The van der Waals surface area contributed by atoms with E-state index in [0.717, 1.165) is 27.6 Å². The second-order valence-corrected chi connectivity index (χ2v) is 6.53. The van der Waals surface area contributed by atoms with Gasteiger partial charge in [0.05, 0.1) is 11.4 Å². The van der Waals surface area contributed by atoms with Crippen LogP contribution in [0.4, 0.5) is 0 Å². The van der Waals surface area contributed by atoms with E-state index >= 15 is 0 Å². The first-order valence-electron chi connectivity index (χ1n) is 6.45. The predicted molar refractivity (Wildman–Crippen MR) is 85.5 cm³/mol. The van der Waals surface area contributed by atoms with E-state index in [1.165, 1.54) is 17.3 Å². The van der Waals surface area contributed by atoms with Gasteiger partial charge in [-0.05, 0) is 18.9 Å². The van der Waals surface area contributed by atoms with Crippen LogP contribution in [-0.4, -0.2) is 21.8 Å². The van der Waals surface area contributed by atoms with Crippen molar-refractivity contribution < 1.29 is 9.90 Å². The number of carboxylic acids is 1. The highest BCUT2D eigenvalue weighted by Crippen LogP contribution is 2.30. The van der Waals surface area contributed by atoms with Crippen LogP contribution in [0.2, 0.25) is 0 Å². The molecule has 20 heavy (non-hydrogen) atoms. The van der Waals surface area contributed by atoms with Crippen LogP contribution < -0.4 is 0 Å². The Hall–Kier alpha value is -1.33. The number of thioether (sulfide) groups is 1. The second kappa shape index (κ2) is 6.90. The van der Waals surface area contributed by atoms with Crippen LogP contribution >= 0.6 is 23.1 Å². The highest BCUT2D eigenvalue weighted by Gasteiger charge is 2.10. The number of carbonyl (C=O) groups is 1. The quantitative estimate of drug-likeness (QED) is 0.876. The molecule has 0 aliphatic carbocycles. The number of benzene rings is 1. The van der Waals surface area contributed by atoms with E-state index in [1.54, 1.807) is 11.3 Å². The third-order valence-electron chi connectivity index (χ3n) is 2.96. The lowest BCUT2D eigenvalue weighted by Gasteiger charge is -1.98. The van der Waals surface area contributed by atoms with Gasteiger partial charge < -0.3 is 5.11 Å². The third-order valence-corrected chi connectivity index (χ3v) is 5.29. The molecule has 0 fully saturated rings. The molecular weight excluding hydrogens is 290 g/mol. The molecule has 0 radical (unpaired) electrons. The first-order valence-corrected chi connectivity index (χ1v) is 8.42. The van der Waals surface area contributed by atoms with Gasteiger partial charge in [0.25, 0.3) is 0 Å². The van der Waals surface area contributed by atoms with Gasteiger partial charge in [-0.3, -0.25) is 4.79 Å². The van der Waals surface area contributed by atoms with Crippen molar-refractivity contribution in [3.63, 3.8) is 0 Å². The average molecular weight is 307 g/mol. The maximum atomic E-state index is 10.5. The molecule has 0 aliphatic heterocycles. The van der Waals surface area contributed by atoms with E-state index in [9.17, 15) is 4.79 Å². The Bertz CT molecular complexity index is 590. The number of hydrogen-bond donors (Lipinski definition) is 1. The molecule has 0 unspecified atom stereocenters. The van der Waals surface area contributed by atoms with Gasteiger partial charge in [-0.1, -0.05) is 31.2 Å². The maximum Gasteiger partial charge on any atom is 0.313 e. The van der Waals surface area contributed by atoms with Crippen molar-refractivity contribution in [2.24, 2.45) is 0 Å². The standard InChI is InChI=1S/C15H17NO2S2/c1-3-11-4-6-12(7-5-11)15-16-10(2)13(20-15)8-19-9-14(17)18/h4-7H,3,8-9H2,1-2H3,(H,17,18). The summed E-state index contributed by atoms with van der Waals surface area (Å²) in [6.07, 6.45) is 1.04. The first kappa shape index (κ1) is 15.1. The van der Waals surface area contributed by atoms with E-state index in [1.807, 2.05) is 6.92 Å². The molecule has 2 aromatic rings. The van der Waals surface area contributed by atoms with Gasteiger partial charge in [0, 0.05) is 16.2 Å². The zero-order chi connectivity index (χ0) is 14.5. The van der Waals surface area contributed by atoms with E-state index in [-0.39, 0.29) is 5.75 Å². The number of aliphatic carboxylic acids is 1. The summed E-state index contributed by atoms with van der Waals surface area (Å²) in [6, 6.07) is 8.46. The van der Waals surface area contributed by atoms with Crippen molar-refractivity contribution >= 4 is 29.1 Å². The molecule has 1 aromatic carbocycles. The Labute approximate surface area is 127 Å². The van der Waals surface area contributed by atoms with Crippen LogP contribution in [0.3, 0.4) is 0 Å². The van der Waals surface area contributed by atoms with Crippen molar-refractivity contribution in [3.05, 3.63) is 40.4 Å². The minimum Gasteiger partial charge on any atom is -0.481 e. The minimum atomic E-state index is -0.771. The summed E-state index contributed by atoms with van der Waals surface area (Å²) in [7, 11) is 0. The molecule has 2 rings (SSSR count). The van der Waals surface area contributed by atoms with Gasteiger partial charge in [-0.25, -0.2) is 4.98 Å². The Kier molecular flexibility index (Phi) is 5.20. The summed E-state index contributed by atoms with van der Waals surface area (Å²) in [4.78, 5) is 16.3. The van der Waals surface area contributed by atoms with Crippen molar-refractivity contribution in [3.8, 4) is 10.6 Å². The van der Waals surface area contributed by atoms with Gasteiger partial charge in [0.1, 0.15) is 5.01 Å². The third kappa shape index (κ3) is 3.84. The number of rotatable bonds is 6.